The van der Waals surface area contributed by atoms with Gasteiger partial charge in [-0.05, 0) is 36.9 Å². The van der Waals surface area contributed by atoms with Gasteiger partial charge >= 0.3 is 0 Å². The summed E-state index contributed by atoms with van der Waals surface area (Å²) in [5.74, 6) is 0. The highest BCUT2D eigenvalue weighted by molar-refractivity contribution is 5.66. The van der Waals surface area contributed by atoms with Gasteiger partial charge in [0.05, 0.1) is 4.92 Å². The maximum Gasteiger partial charge on any atom is 0.292 e. The van der Waals surface area contributed by atoms with Crippen LogP contribution in [0.3, 0.4) is 0 Å². The Morgan fingerprint density at radius 2 is 2.00 bits per heavy atom. The largest absolute Gasteiger partial charge is 0.382 e. The van der Waals surface area contributed by atoms with Crippen molar-refractivity contribution in [3.05, 3.63) is 33.9 Å². The van der Waals surface area contributed by atoms with E-state index in [1.54, 1.807) is 19.2 Å². The Hall–Kier alpha value is -1.62. The highest BCUT2D eigenvalue weighted by Crippen LogP contribution is 2.33. The Balaban J connectivity index is 2.14. The van der Waals surface area contributed by atoms with Crippen LogP contribution in [-0.2, 0) is 6.54 Å². The average Bonchev–Trinajstić information content (AvgIpc) is 2.40. The summed E-state index contributed by atoms with van der Waals surface area (Å²) in [6, 6.07) is 5.29. The second-order valence-electron chi connectivity index (χ2n) is 6.26. The molecule has 2 rings (SSSR count). The fraction of sp³-hybridized carbons (Fsp3) is 0.600. The number of rotatable bonds is 4. The lowest BCUT2D eigenvalue weighted by Gasteiger charge is -2.37. The van der Waals surface area contributed by atoms with Gasteiger partial charge in [0, 0.05) is 19.7 Å². The van der Waals surface area contributed by atoms with Gasteiger partial charge in [0.25, 0.3) is 5.69 Å². The molecule has 0 spiro atoms. The van der Waals surface area contributed by atoms with E-state index in [1.807, 2.05) is 6.07 Å². The average molecular weight is 277 g/mol. The van der Waals surface area contributed by atoms with Crippen LogP contribution in [0.2, 0.25) is 0 Å². The quantitative estimate of drug-likeness (QED) is 0.678. The van der Waals surface area contributed by atoms with Crippen LogP contribution in [0, 0.1) is 15.5 Å². The third-order valence-electron chi connectivity index (χ3n) is 4.18. The molecule has 0 unspecified atom stereocenters. The molecule has 1 fully saturated rings. The molecule has 0 saturated carbocycles. The second kappa shape index (κ2) is 5.79. The Morgan fingerprint density at radius 1 is 1.35 bits per heavy atom. The summed E-state index contributed by atoms with van der Waals surface area (Å²) in [7, 11) is 1.74. The van der Waals surface area contributed by atoms with E-state index in [1.165, 1.54) is 12.8 Å². The van der Waals surface area contributed by atoms with Crippen molar-refractivity contribution in [3.63, 3.8) is 0 Å². The van der Waals surface area contributed by atoms with Crippen LogP contribution < -0.4 is 5.32 Å². The van der Waals surface area contributed by atoms with Crippen molar-refractivity contribution in [2.45, 2.75) is 33.2 Å². The van der Waals surface area contributed by atoms with E-state index in [9.17, 15) is 10.1 Å². The number of nitro groups is 1. The molecular weight excluding hydrogens is 254 g/mol. The summed E-state index contributed by atoms with van der Waals surface area (Å²) < 4.78 is 0. The number of benzene rings is 1. The highest BCUT2D eigenvalue weighted by Gasteiger charge is 2.26. The zero-order valence-corrected chi connectivity index (χ0v) is 12.5. The standard InChI is InChI=1S/C15H23N3O2/c1-15(2)7-9-17(10-8-15)11-12-5-4-6-13(18(19)20)14(12)16-3/h4-6,16H,7-11H2,1-3H3. The summed E-state index contributed by atoms with van der Waals surface area (Å²) in [5, 5.41) is 14.0. The van der Waals surface area contributed by atoms with Gasteiger partial charge in [0.15, 0.2) is 0 Å². The van der Waals surface area contributed by atoms with Crippen LogP contribution in [0.4, 0.5) is 11.4 Å². The van der Waals surface area contributed by atoms with E-state index in [-0.39, 0.29) is 10.6 Å². The molecule has 0 bridgehead atoms. The molecule has 5 nitrogen and oxygen atoms in total. The van der Waals surface area contributed by atoms with Crippen LogP contribution in [0.5, 0.6) is 0 Å². The number of piperidine rings is 1. The molecule has 110 valence electrons. The fourth-order valence-corrected chi connectivity index (χ4v) is 2.72. The number of anilines is 1. The minimum atomic E-state index is -0.325. The predicted octanol–water partition coefficient (Wildman–Crippen LogP) is 3.26. The van der Waals surface area contributed by atoms with Gasteiger partial charge in [-0.2, -0.15) is 0 Å². The molecule has 5 heteroatoms. The molecule has 0 aromatic heterocycles. The Kier molecular flexibility index (Phi) is 4.28. The summed E-state index contributed by atoms with van der Waals surface area (Å²) in [6.07, 6.45) is 2.35. The molecule has 1 aliphatic rings. The summed E-state index contributed by atoms with van der Waals surface area (Å²) in [6.45, 7) is 7.49. The fourth-order valence-electron chi connectivity index (χ4n) is 2.72. The van der Waals surface area contributed by atoms with Gasteiger partial charge in [-0.1, -0.05) is 26.0 Å². The van der Waals surface area contributed by atoms with E-state index < -0.39 is 0 Å². The van der Waals surface area contributed by atoms with Gasteiger partial charge < -0.3 is 5.32 Å². The number of likely N-dealkylation sites (tertiary alicyclic amines) is 1. The van der Waals surface area contributed by atoms with E-state index in [0.29, 0.717) is 11.1 Å². The lowest BCUT2D eigenvalue weighted by Crippen LogP contribution is -2.36. The lowest BCUT2D eigenvalue weighted by atomic mass is 9.82. The Bertz CT molecular complexity index is 490. The molecule has 0 radical (unpaired) electrons. The van der Waals surface area contributed by atoms with Crippen LogP contribution in [0.25, 0.3) is 0 Å². The first-order valence-corrected chi connectivity index (χ1v) is 7.09. The molecule has 1 heterocycles. The van der Waals surface area contributed by atoms with E-state index in [2.05, 4.69) is 24.1 Å². The van der Waals surface area contributed by atoms with Crippen molar-refractivity contribution in [2.24, 2.45) is 5.41 Å². The molecular formula is C15H23N3O2. The Labute approximate surface area is 120 Å². The first-order valence-electron chi connectivity index (χ1n) is 7.09. The van der Waals surface area contributed by atoms with Crippen molar-refractivity contribution in [3.8, 4) is 0 Å². The molecule has 1 aromatic carbocycles. The number of hydrogen-bond donors (Lipinski definition) is 1. The predicted molar refractivity (Wildman–Crippen MR) is 80.9 cm³/mol. The Morgan fingerprint density at radius 3 is 2.55 bits per heavy atom. The van der Waals surface area contributed by atoms with Crippen LogP contribution in [0.15, 0.2) is 18.2 Å². The minimum Gasteiger partial charge on any atom is -0.382 e. The van der Waals surface area contributed by atoms with Crippen molar-refractivity contribution >= 4 is 11.4 Å². The van der Waals surface area contributed by atoms with E-state index in [4.69, 9.17) is 0 Å². The summed E-state index contributed by atoms with van der Waals surface area (Å²) >= 11 is 0. The maximum atomic E-state index is 11.1. The van der Waals surface area contributed by atoms with Crippen molar-refractivity contribution < 1.29 is 4.92 Å². The first kappa shape index (κ1) is 14.8. The normalized spacial score (nSPS) is 18.8. The third-order valence-corrected chi connectivity index (χ3v) is 4.18. The molecule has 1 aromatic rings. The monoisotopic (exact) mass is 277 g/mol. The molecule has 0 aliphatic carbocycles. The third kappa shape index (κ3) is 3.28. The molecule has 1 aliphatic heterocycles. The van der Waals surface area contributed by atoms with Gasteiger partial charge in [-0.25, -0.2) is 0 Å². The van der Waals surface area contributed by atoms with Gasteiger partial charge in [-0.15, -0.1) is 0 Å². The van der Waals surface area contributed by atoms with Crippen LogP contribution >= 0.6 is 0 Å². The molecule has 20 heavy (non-hydrogen) atoms. The SMILES string of the molecule is CNc1c(CN2CCC(C)(C)CC2)cccc1[N+](=O)[O-]. The number of para-hydroxylation sites is 1. The highest BCUT2D eigenvalue weighted by atomic mass is 16.6. The second-order valence-corrected chi connectivity index (χ2v) is 6.26. The lowest BCUT2D eigenvalue weighted by molar-refractivity contribution is -0.384. The van der Waals surface area contributed by atoms with Gasteiger partial charge in [0.1, 0.15) is 5.69 Å². The van der Waals surface area contributed by atoms with Gasteiger partial charge in [0.2, 0.25) is 0 Å². The summed E-state index contributed by atoms with van der Waals surface area (Å²) in [5.41, 5.74) is 2.22. The summed E-state index contributed by atoms with van der Waals surface area (Å²) in [4.78, 5) is 13.1. The zero-order chi connectivity index (χ0) is 14.8. The molecule has 1 N–H and O–H groups in total. The van der Waals surface area contributed by atoms with Crippen LogP contribution in [0.1, 0.15) is 32.3 Å². The van der Waals surface area contributed by atoms with E-state index >= 15 is 0 Å². The number of nitrogens with one attached hydrogen (secondary N) is 1. The molecule has 0 amide bonds. The van der Waals surface area contributed by atoms with Gasteiger partial charge in [-0.3, -0.25) is 15.0 Å². The number of nitro benzene ring substituents is 1. The van der Waals surface area contributed by atoms with Crippen molar-refractivity contribution in [1.82, 2.24) is 4.90 Å². The van der Waals surface area contributed by atoms with Crippen LogP contribution in [-0.4, -0.2) is 30.0 Å². The first-order chi connectivity index (χ1) is 9.43. The molecule has 0 atom stereocenters. The van der Waals surface area contributed by atoms with Crippen molar-refractivity contribution in [2.75, 3.05) is 25.5 Å². The van der Waals surface area contributed by atoms with E-state index in [0.717, 1.165) is 25.2 Å². The zero-order valence-electron chi connectivity index (χ0n) is 12.5. The number of nitrogens with zero attached hydrogens (tertiary/aromatic N) is 2. The maximum absolute atomic E-state index is 11.1. The van der Waals surface area contributed by atoms with Crippen molar-refractivity contribution in [1.29, 1.82) is 0 Å². The minimum absolute atomic E-state index is 0.155. The smallest absolute Gasteiger partial charge is 0.292 e. The number of hydrogen-bond acceptors (Lipinski definition) is 4. The molecule has 1 saturated heterocycles. The topological polar surface area (TPSA) is 58.4 Å².